The maximum absolute atomic E-state index is 14.2. The fourth-order valence-corrected chi connectivity index (χ4v) is 7.24. The van der Waals surface area contributed by atoms with Crippen LogP contribution in [0.5, 0.6) is 17.2 Å². The first kappa shape index (κ1) is 34.2. The van der Waals surface area contributed by atoms with E-state index in [1.807, 2.05) is 0 Å². The number of fused-ring (bicyclic) bond motifs is 4. The number of hydrogen-bond donors (Lipinski definition) is 0. The predicted molar refractivity (Wildman–Crippen MR) is 192 cm³/mol. The fourth-order valence-electron chi connectivity index (χ4n) is 7.24. The van der Waals surface area contributed by atoms with E-state index in [0.29, 0.717) is 35.1 Å². The Labute approximate surface area is 295 Å². The van der Waals surface area contributed by atoms with Crippen molar-refractivity contribution in [3.8, 4) is 22.9 Å². The third-order valence-corrected chi connectivity index (χ3v) is 10.2. The van der Waals surface area contributed by atoms with E-state index in [2.05, 4.69) is 29.2 Å². The molecule has 0 N–H and O–H groups in total. The number of piperazine rings is 3. The summed E-state index contributed by atoms with van der Waals surface area (Å²) >= 11 is 0. The molecule has 4 aromatic carbocycles. The van der Waals surface area contributed by atoms with Gasteiger partial charge >= 0.3 is 0 Å². The maximum atomic E-state index is 14.2. The number of benzene rings is 4. The second-order valence-corrected chi connectivity index (χ2v) is 13.3. The Balaban J connectivity index is 1.21. The number of aromatic nitrogens is 1. The van der Waals surface area contributed by atoms with Crippen molar-refractivity contribution in [1.29, 1.82) is 0 Å². The first-order valence-electron chi connectivity index (χ1n) is 17.2. The standard InChI is InChI=1S/C40H41F2N4O5/c1-4-44(31-18-29(41)17-30(42)19-31)40(48)37-24-45(38-23-33(49-2)9-10-36(38)39(37)47)32-20-34(50-3)22-35(21-32)51-26-28-7-5-27(6-8-28)25-46-14-11-43(12-15-46)13-16-46/h5-10,17-24H,4,11-16,25-26H2,1-3H3/q+1. The van der Waals surface area contributed by atoms with Crippen LogP contribution in [0.1, 0.15) is 28.4 Å². The van der Waals surface area contributed by atoms with Gasteiger partial charge in [-0.1, -0.05) is 24.3 Å². The molecule has 1 aromatic heterocycles. The molecule has 2 bridgehead atoms. The van der Waals surface area contributed by atoms with E-state index < -0.39 is 23.0 Å². The zero-order valence-electron chi connectivity index (χ0n) is 29.0. The van der Waals surface area contributed by atoms with Gasteiger partial charge in [-0.3, -0.25) is 14.5 Å². The summed E-state index contributed by atoms with van der Waals surface area (Å²) in [5, 5.41) is 0.255. The molecule has 264 valence electrons. The average molecular weight is 696 g/mol. The first-order chi connectivity index (χ1) is 24.7. The quantitative estimate of drug-likeness (QED) is 0.154. The van der Waals surface area contributed by atoms with Gasteiger partial charge in [-0.25, -0.2) is 8.78 Å². The molecule has 3 aliphatic heterocycles. The van der Waals surface area contributed by atoms with E-state index in [1.165, 1.54) is 63.0 Å². The molecule has 9 nitrogen and oxygen atoms in total. The fraction of sp³-hybridized carbons (Fsp3) is 0.300. The van der Waals surface area contributed by atoms with Crippen LogP contribution in [0, 0.1) is 11.6 Å². The van der Waals surface area contributed by atoms with Crippen LogP contribution in [0.25, 0.3) is 16.6 Å². The highest BCUT2D eigenvalue weighted by Crippen LogP contribution is 2.31. The van der Waals surface area contributed by atoms with E-state index in [0.717, 1.165) is 34.8 Å². The summed E-state index contributed by atoms with van der Waals surface area (Å²) in [6, 6.07) is 21.8. The molecule has 11 heteroatoms. The van der Waals surface area contributed by atoms with Crippen molar-refractivity contribution in [3.63, 3.8) is 0 Å². The van der Waals surface area contributed by atoms with Crippen LogP contribution < -0.4 is 24.5 Å². The van der Waals surface area contributed by atoms with Crippen molar-refractivity contribution < 1.29 is 32.3 Å². The first-order valence-corrected chi connectivity index (χ1v) is 17.2. The number of halogens is 2. The Hall–Kier alpha value is -5.26. The molecule has 0 spiro atoms. The third kappa shape index (κ3) is 7.04. The van der Waals surface area contributed by atoms with Gasteiger partial charge in [0.2, 0.25) is 5.43 Å². The molecular formula is C40H41F2N4O5+. The Morgan fingerprint density at radius 3 is 2.10 bits per heavy atom. The Morgan fingerprint density at radius 2 is 1.45 bits per heavy atom. The average Bonchev–Trinajstić information content (AvgIpc) is 3.15. The topological polar surface area (TPSA) is 73.2 Å². The van der Waals surface area contributed by atoms with Gasteiger partial charge in [0.25, 0.3) is 5.91 Å². The molecule has 3 fully saturated rings. The predicted octanol–water partition coefficient (Wildman–Crippen LogP) is 6.18. The minimum Gasteiger partial charge on any atom is -0.497 e. The molecule has 0 atom stereocenters. The number of ether oxygens (including phenoxy) is 3. The Bertz CT molecular complexity index is 2110. The molecule has 0 saturated carbocycles. The second kappa shape index (κ2) is 14.2. The largest absolute Gasteiger partial charge is 0.497 e. The van der Waals surface area contributed by atoms with Gasteiger partial charge in [-0.2, -0.15) is 0 Å². The monoisotopic (exact) mass is 695 g/mol. The minimum absolute atomic E-state index is 0.00365. The molecule has 0 aliphatic carbocycles. The molecule has 4 heterocycles. The van der Waals surface area contributed by atoms with Crippen LogP contribution in [0.4, 0.5) is 14.5 Å². The number of quaternary nitrogens is 1. The number of hydrogen-bond acceptors (Lipinski definition) is 6. The Morgan fingerprint density at radius 1 is 0.804 bits per heavy atom. The van der Waals surface area contributed by atoms with Crippen molar-refractivity contribution in [1.82, 2.24) is 9.47 Å². The van der Waals surface area contributed by atoms with Gasteiger partial charge in [-0.15, -0.1) is 0 Å². The number of pyridine rings is 1. The molecule has 3 aliphatic rings. The molecule has 51 heavy (non-hydrogen) atoms. The van der Waals surface area contributed by atoms with Gasteiger partial charge in [0, 0.05) is 79.3 Å². The third-order valence-electron chi connectivity index (χ3n) is 10.2. The number of carbonyl (C=O) groups excluding carboxylic acids is 1. The van der Waals surface area contributed by atoms with Crippen molar-refractivity contribution in [3.05, 3.63) is 124 Å². The number of anilines is 1. The SMILES string of the molecule is CCN(C(=O)c1cn(-c2cc(OC)cc(OCc3ccc(C[N+]45CCN(CC4)CC5)cc3)c2)c2cc(OC)ccc2c1=O)c1cc(F)cc(F)c1. The van der Waals surface area contributed by atoms with Gasteiger partial charge in [0.05, 0.1) is 45.1 Å². The summed E-state index contributed by atoms with van der Waals surface area (Å²) < 4.78 is 48.6. The van der Waals surface area contributed by atoms with E-state index >= 15 is 0 Å². The second-order valence-electron chi connectivity index (χ2n) is 13.3. The highest BCUT2D eigenvalue weighted by Gasteiger charge is 2.38. The van der Waals surface area contributed by atoms with Crippen LogP contribution in [0.15, 0.2) is 89.9 Å². The number of rotatable bonds is 11. The van der Waals surface area contributed by atoms with E-state index in [-0.39, 0.29) is 23.2 Å². The van der Waals surface area contributed by atoms with Gasteiger partial charge < -0.3 is 28.2 Å². The lowest BCUT2D eigenvalue weighted by Crippen LogP contribution is -2.66. The number of amides is 1. The van der Waals surface area contributed by atoms with Crippen molar-refractivity contribution in [2.75, 3.05) is 64.9 Å². The summed E-state index contributed by atoms with van der Waals surface area (Å²) in [6.45, 7) is 10.3. The maximum Gasteiger partial charge on any atom is 0.263 e. The van der Waals surface area contributed by atoms with Gasteiger partial charge in [0.1, 0.15) is 47.6 Å². The number of carbonyl (C=O) groups is 1. The molecule has 3 saturated heterocycles. The normalized spacial score (nSPS) is 18.1. The Kier molecular flexibility index (Phi) is 9.50. The van der Waals surface area contributed by atoms with E-state index in [9.17, 15) is 18.4 Å². The highest BCUT2D eigenvalue weighted by molar-refractivity contribution is 6.07. The molecule has 0 unspecified atom stereocenters. The smallest absolute Gasteiger partial charge is 0.263 e. The van der Waals surface area contributed by atoms with Crippen LogP contribution in [-0.2, 0) is 13.2 Å². The lowest BCUT2D eigenvalue weighted by atomic mass is 10.1. The molecule has 8 rings (SSSR count). The molecule has 5 aromatic rings. The van der Waals surface area contributed by atoms with Crippen LogP contribution in [0.3, 0.4) is 0 Å². The van der Waals surface area contributed by atoms with Crippen molar-refractivity contribution >= 4 is 22.5 Å². The van der Waals surface area contributed by atoms with Crippen molar-refractivity contribution in [2.45, 2.75) is 20.1 Å². The highest BCUT2D eigenvalue weighted by atomic mass is 19.1. The lowest BCUT2D eigenvalue weighted by molar-refractivity contribution is -0.953. The van der Waals surface area contributed by atoms with Crippen molar-refractivity contribution in [2.24, 2.45) is 0 Å². The zero-order chi connectivity index (χ0) is 35.7. The number of nitrogens with zero attached hydrogens (tertiary/aromatic N) is 4. The van der Waals surface area contributed by atoms with Gasteiger partial charge in [-0.05, 0) is 36.8 Å². The van der Waals surface area contributed by atoms with Crippen LogP contribution >= 0.6 is 0 Å². The van der Waals surface area contributed by atoms with E-state index in [4.69, 9.17) is 14.2 Å². The van der Waals surface area contributed by atoms with Crippen LogP contribution in [0.2, 0.25) is 0 Å². The molecule has 1 amide bonds. The summed E-state index contributed by atoms with van der Waals surface area (Å²) in [7, 11) is 3.08. The minimum atomic E-state index is -0.831. The zero-order valence-corrected chi connectivity index (χ0v) is 29.0. The molecule has 0 radical (unpaired) electrons. The van der Waals surface area contributed by atoms with E-state index in [1.54, 1.807) is 55.0 Å². The summed E-state index contributed by atoms with van der Waals surface area (Å²) in [6.07, 6.45) is 1.44. The lowest BCUT2D eigenvalue weighted by Gasteiger charge is -2.50. The summed E-state index contributed by atoms with van der Waals surface area (Å²) in [4.78, 5) is 31.6. The number of methoxy groups -OCH3 is 2. The molecular weight excluding hydrogens is 654 g/mol. The van der Waals surface area contributed by atoms with Gasteiger partial charge in [0.15, 0.2) is 0 Å². The van der Waals surface area contributed by atoms with Crippen LogP contribution in [-0.4, -0.2) is 79.9 Å². The summed E-state index contributed by atoms with van der Waals surface area (Å²) in [5.74, 6) is -0.831. The summed E-state index contributed by atoms with van der Waals surface area (Å²) in [5.41, 5.74) is 2.68.